The normalized spacial score (nSPS) is 30.9. The number of sulfone groups is 1. The van der Waals surface area contributed by atoms with Crippen molar-refractivity contribution in [3.05, 3.63) is 58.4 Å². The molecule has 2 N–H and O–H groups in total. The summed E-state index contributed by atoms with van der Waals surface area (Å²) in [4.78, 5) is 24.8. The number of carbonyl (C=O) groups is 2. The molecular weight excluding hydrogens is 571 g/mol. The fourth-order valence-corrected chi connectivity index (χ4v) is 7.12. The molecule has 0 radical (unpaired) electrons. The van der Waals surface area contributed by atoms with E-state index in [1.165, 1.54) is 0 Å². The summed E-state index contributed by atoms with van der Waals surface area (Å²) in [5.41, 5.74) is -3.04. The van der Waals surface area contributed by atoms with Gasteiger partial charge >= 0.3 is 0 Å². The van der Waals surface area contributed by atoms with Crippen molar-refractivity contribution in [2.45, 2.75) is 74.1 Å². The molecule has 5 atom stereocenters. The number of carbonyl (C=O) groups excluding carboxylic acids is 2. The summed E-state index contributed by atoms with van der Waals surface area (Å²) in [6.07, 6.45) is -1.79. The number of hydrogen-bond acceptors (Lipinski definition) is 6. The zero-order chi connectivity index (χ0) is 33.5. The van der Waals surface area contributed by atoms with Gasteiger partial charge in [0.05, 0.1) is 20.7 Å². The van der Waals surface area contributed by atoms with E-state index in [1.807, 2.05) is 0 Å². The zero-order valence-corrected chi connectivity index (χ0v) is 22.8. The van der Waals surface area contributed by atoms with E-state index < -0.39 is 104 Å². The largest absolute Gasteiger partial charge is 0.389 e. The molecule has 2 fully saturated rings. The summed E-state index contributed by atoms with van der Waals surface area (Å²) in [7, 11) is -4.92. The third kappa shape index (κ3) is 6.07. The van der Waals surface area contributed by atoms with Gasteiger partial charge in [0.25, 0.3) is 5.91 Å². The molecule has 1 saturated carbocycles. The fourth-order valence-electron chi connectivity index (χ4n) is 4.97. The van der Waals surface area contributed by atoms with Crippen molar-refractivity contribution >= 4 is 38.8 Å². The molecule has 2 unspecified atom stereocenters. The zero-order valence-electron chi connectivity index (χ0n) is 26.2. The van der Waals surface area contributed by atoms with Gasteiger partial charge in [0.1, 0.15) is 6.10 Å². The third-order valence-electron chi connectivity index (χ3n) is 7.38. The van der Waals surface area contributed by atoms with Crippen LogP contribution in [0.1, 0.15) is 69.5 Å². The lowest BCUT2D eigenvalue weighted by molar-refractivity contribution is -0.132. The number of aliphatic hydroxyl groups is 1. The van der Waals surface area contributed by atoms with Gasteiger partial charge in [-0.25, -0.2) is 21.6 Å². The standard InChI is InChI=1S/C28H31ClF3NO6S/c1-15-10-19(11-16(2)28(15,36)8-7-23(34)24-4-3-9-39-24)40(37,38)25-12-17(5-6-20(25)29)27(35)33-18-13-21(30)26(32)22(31)14-18/h5-6,12-16,19,24,36H,3-4,7-11H2,1-2H3,(H,33,35)/t15-,16?,19-,24?,28-/m0/s1/i1D,2D3,19D. The van der Waals surface area contributed by atoms with Gasteiger partial charge in [-0.1, -0.05) is 25.4 Å². The van der Waals surface area contributed by atoms with E-state index in [4.69, 9.17) is 23.2 Å². The number of hydrogen-bond donors (Lipinski definition) is 2. The number of benzene rings is 2. The summed E-state index contributed by atoms with van der Waals surface area (Å²) in [6, 6.07) is 3.94. The molecule has 40 heavy (non-hydrogen) atoms. The van der Waals surface area contributed by atoms with Crippen LogP contribution in [-0.4, -0.2) is 48.8 Å². The Hall–Kier alpha value is -2.47. The van der Waals surface area contributed by atoms with Crippen LogP contribution in [0.25, 0.3) is 0 Å². The van der Waals surface area contributed by atoms with Gasteiger partial charge < -0.3 is 15.2 Å². The minimum atomic E-state index is -4.92. The number of ketones is 1. The van der Waals surface area contributed by atoms with Crippen molar-refractivity contribution in [2.75, 3.05) is 11.9 Å². The first-order valence-corrected chi connectivity index (χ1v) is 14.4. The van der Waals surface area contributed by atoms with Crippen LogP contribution in [-0.2, 0) is 19.4 Å². The molecular formula is C28H31ClF3NO6S. The highest BCUT2D eigenvalue weighted by atomic mass is 35.5. The molecule has 2 aromatic carbocycles. The van der Waals surface area contributed by atoms with Crippen LogP contribution >= 0.6 is 11.6 Å². The number of nitrogens with one attached hydrogen (secondary N) is 1. The van der Waals surface area contributed by atoms with E-state index in [1.54, 1.807) is 0 Å². The smallest absolute Gasteiger partial charge is 0.255 e. The second-order valence-corrected chi connectivity index (χ2v) is 12.4. The van der Waals surface area contributed by atoms with E-state index in [0.717, 1.165) is 18.2 Å². The second kappa shape index (κ2) is 11.8. The Morgan fingerprint density at radius 1 is 1.20 bits per heavy atom. The van der Waals surface area contributed by atoms with Gasteiger partial charge in [0, 0.05) is 43.3 Å². The van der Waals surface area contributed by atoms with Crippen LogP contribution in [0.3, 0.4) is 0 Å². The van der Waals surface area contributed by atoms with Gasteiger partial charge in [-0.05, 0) is 62.1 Å². The van der Waals surface area contributed by atoms with Crippen molar-refractivity contribution in [1.29, 1.82) is 0 Å². The van der Waals surface area contributed by atoms with Crippen LogP contribution in [0.2, 0.25) is 5.02 Å². The fraction of sp³-hybridized carbons (Fsp3) is 0.500. The monoisotopic (exact) mass is 606 g/mol. The van der Waals surface area contributed by atoms with Gasteiger partial charge in [-0.15, -0.1) is 0 Å². The van der Waals surface area contributed by atoms with Gasteiger partial charge in [0.2, 0.25) is 0 Å². The highest BCUT2D eigenvalue weighted by molar-refractivity contribution is 7.92. The van der Waals surface area contributed by atoms with Crippen LogP contribution in [0, 0.1) is 29.3 Å². The average Bonchev–Trinajstić information content (AvgIpc) is 3.50. The van der Waals surface area contributed by atoms with Crippen LogP contribution in [0.5, 0.6) is 0 Å². The molecule has 1 aliphatic carbocycles. The Bertz CT molecular complexity index is 1570. The molecule has 0 spiro atoms. The molecule has 7 nitrogen and oxygen atoms in total. The van der Waals surface area contributed by atoms with E-state index >= 15 is 0 Å². The van der Waals surface area contributed by atoms with Crippen LogP contribution in [0.15, 0.2) is 35.2 Å². The molecule has 1 saturated heterocycles. The summed E-state index contributed by atoms with van der Waals surface area (Å²) < 4.78 is 116. The van der Waals surface area contributed by atoms with Crippen LogP contribution < -0.4 is 5.32 Å². The summed E-state index contributed by atoms with van der Waals surface area (Å²) in [6.45, 7) is -3.27. The molecule has 2 aliphatic rings. The maximum absolute atomic E-state index is 14.0. The van der Waals surface area contributed by atoms with Crippen molar-refractivity contribution in [2.24, 2.45) is 11.8 Å². The lowest BCUT2D eigenvalue weighted by Crippen LogP contribution is -2.51. The van der Waals surface area contributed by atoms with Crippen molar-refractivity contribution in [1.82, 2.24) is 0 Å². The van der Waals surface area contributed by atoms with Crippen LogP contribution in [0.4, 0.5) is 18.9 Å². The van der Waals surface area contributed by atoms with E-state index in [-0.39, 0.29) is 24.2 Å². The van der Waals surface area contributed by atoms with Gasteiger partial charge in [-0.2, -0.15) is 0 Å². The number of Topliss-reactive ketones (excluding diaryl/α,β-unsaturated/α-hetero) is 1. The first-order valence-electron chi connectivity index (χ1n) is 15.2. The van der Waals surface area contributed by atoms with Gasteiger partial charge in [-0.3, -0.25) is 9.59 Å². The summed E-state index contributed by atoms with van der Waals surface area (Å²) >= 11 is 6.20. The maximum Gasteiger partial charge on any atom is 0.255 e. The lowest BCUT2D eigenvalue weighted by Gasteiger charge is -2.46. The first kappa shape index (κ1) is 24.2. The molecule has 12 heteroatoms. The summed E-state index contributed by atoms with van der Waals surface area (Å²) in [5.74, 6) is -9.52. The number of anilines is 1. The Balaban J connectivity index is 1.66. The predicted molar refractivity (Wildman–Crippen MR) is 142 cm³/mol. The number of amides is 1. The number of ether oxygens (including phenoxy) is 1. The average molecular weight is 607 g/mol. The van der Waals surface area contributed by atoms with E-state index in [9.17, 15) is 36.3 Å². The van der Waals surface area contributed by atoms with Crippen molar-refractivity contribution in [3.8, 4) is 0 Å². The molecule has 1 aliphatic heterocycles. The lowest BCUT2D eigenvalue weighted by atomic mass is 9.67. The Morgan fingerprint density at radius 3 is 2.52 bits per heavy atom. The van der Waals surface area contributed by atoms with E-state index in [2.05, 4.69) is 5.32 Å². The SMILES string of the molecule is [2H]C[C@H]1C[C@]([2H])(S(=O)(=O)c2cc(C(=O)Nc3cc(F)c(F)c(F)c3)ccc2Cl)CC(C([2H])([2H])[2H])[C@]1(O)CCC(=O)C1CCCO1. The molecule has 0 aromatic heterocycles. The third-order valence-corrected chi connectivity index (χ3v) is 9.83. The Morgan fingerprint density at radius 2 is 1.90 bits per heavy atom. The predicted octanol–water partition coefficient (Wildman–Crippen LogP) is 5.48. The molecule has 2 aromatic rings. The van der Waals surface area contributed by atoms with Crippen molar-refractivity contribution in [3.63, 3.8) is 0 Å². The Kier molecular flexibility index (Phi) is 7.12. The number of rotatable bonds is 8. The number of halogens is 4. The minimum absolute atomic E-state index is 0.271. The molecule has 218 valence electrons. The minimum Gasteiger partial charge on any atom is -0.389 e. The summed E-state index contributed by atoms with van der Waals surface area (Å²) in [5, 5.41) is 10.8. The topological polar surface area (TPSA) is 110 Å². The van der Waals surface area contributed by atoms with Gasteiger partial charge in [0.15, 0.2) is 33.1 Å². The molecule has 1 heterocycles. The molecule has 0 bridgehead atoms. The second-order valence-electron chi connectivity index (χ2n) is 10.0. The highest BCUT2D eigenvalue weighted by Crippen LogP contribution is 2.45. The first-order chi connectivity index (χ1) is 20.8. The highest BCUT2D eigenvalue weighted by Gasteiger charge is 2.48. The Labute approximate surface area is 243 Å². The van der Waals surface area contributed by atoms with E-state index in [0.29, 0.717) is 31.6 Å². The quantitative estimate of drug-likeness (QED) is 0.385. The maximum atomic E-state index is 14.0. The van der Waals surface area contributed by atoms with Crippen molar-refractivity contribution < 1.29 is 47.9 Å². The molecule has 1 amide bonds. The molecule has 4 rings (SSSR count).